The molecule has 1 aromatic rings. The predicted molar refractivity (Wildman–Crippen MR) is 72.0 cm³/mol. The average Bonchev–Trinajstić information content (AvgIpc) is 2.69. The molecule has 0 radical (unpaired) electrons. The van der Waals surface area contributed by atoms with Crippen molar-refractivity contribution in [3.63, 3.8) is 0 Å². The number of carbonyl (C=O) groups is 1. The van der Waals surface area contributed by atoms with Crippen LogP contribution in [0.2, 0.25) is 0 Å². The molecule has 1 atom stereocenters. The van der Waals surface area contributed by atoms with Crippen LogP contribution >= 0.6 is 11.3 Å². The molecule has 1 amide bonds. The summed E-state index contributed by atoms with van der Waals surface area (Å²) in [6.45, 7) is 4.14. The van der Waals surface area contributed by atoms with E-state index in [1.165, 1.54) is 5.56 Å². The molecule has 0 aromatic carbocycles. The molecule has 0 fully saturated rings. The third kappa shape index (κ3) is 5.15. The molecule has 2 N–H and O–H groups in total. The first-order chi connectivity index (χ1) is 8.13. The predicted octanol–water partition coefficient (Wildman–Crippen LogP) is 2.35. The zero-order valence-electron chi connectivity index (χ0n) is 10.3. The van der Waals surface area contributed by atoms with Gasteiger partial charge < -0.3 is 10.4 Å². The molecule has 0 saturated carbocycles. The van der Waals surface area contributed by atoms with E-state index in [4.69, 9.17) is 5.11 Å². The van der Waals surface area contributed by atoms with Crippen molar-refractivity contribution in [1.29, 1.82) is 0 Å². The summed E-state index contributed by atoms with van der Waals surface area (Å²) in [5, 5.41) is 13.6. The third-order valence-electron chi connectivity index (χ3n) is 2.47. The first kappa shape index (κ1) is 13.9. The summed E-state index contributed by atoms with van der Waals surface area (Å²) in [5.74, 6) is -0.0803. The number of hydrogen-bond donors (Lipinski definition) is 2. The summed E-state index contributed by atoms with van der Waals surface area (Å²) < 4.78 is 0. The van der Waals surface area contributed by atoms with Crippen LogP contribution < -0.4 is 5.32 Å². The Labute approximate surface area is 106 Å². The number of amides is 1. The van der Waals surface area contributed by atoms with Crippen molar-refractivity contribution in [2.24, 2.45) is 0 Å². The van der Waals surface area contributed by atoms with Gasteiger partial charge in [0.1, 0.15) is 0 Å². The van der Waals surface area contributed by atoms with Gasteiger partial charge in [-0.1, -0.05) is 0 Å². The molecular weight excluding hydrogens is 234 g/mol. The fraction of sp³-hybridized carbons (Fsp3) is 0.462. The Balaban J connectivity index is 2.39. The Morgan fingerprint density at radius 1 is 1.65 bits per heavy atom. The van der Waals surface area contributed by atoms with Gasteiger partial charge in [-0.25, -0.2) is 0 Å². The molecule has 0 bridgehead atoms. The average molecular weight is 253 g/mol. The normalized spacial score (nSPS) is 12.9. The molecule has 0 aliphatic carbocycles. The lowest BCUT2D eigenvalue weighted by atomic mass is 10.2. The van der Waals surface area contributed by atoms with Crippen molar-refractivity contribution in [2.45, 2.75) is 32.7 Å². The van der Waals surface area contributed by atoms with Crippen molar-refractivity contribution in [3.05, 3.63) is 28.0 Å². The number of aryl methyl sites for hydroxylation is 1. The second-order valence-electron chi connectivity index (χ2n) is 4.08. The highest BCUT2D eigenvalue weighted by Gasteiger charge is 2.04. The van der Waals surface area contributed by atoms with Gasteiger partial charge in [-0.15, -0.1) is 11.3 Å². The molecule has 0 spiro atoms. The standard InChI is InChI=1S/C13H19NO2S/c1-10-7-9-17-12(10)5-6-13(16)14-11(2)4-3-8-15/h5-7,9,11,15H,3-4,8H2,1-2H3,(H,14,16). The van der Waals surface area contributed by atoms with Crippen LogP contribution in [0, 0.1) is 6.92 Å². The van der Waals surface area contributed by atoms with Crippen molar-refractivity contribution < 1.29 is 9.90 Å². The fourth-order valence-electron chi connectivity index (χ4n) is 1.47. The van der Waals surface area contributed by atoms with Gasteiger partial charge in [-0.3, -0.25) is 4.79 Å². The van der Waals surface area contributed by atoms with Gasteiger partial charge in [0, 0.05) is 23.6 Å². The Morgan fingerprint density at radius 3 is 3.00 bits per heavy atom. The molecule has 1 unspecified atom stereocenters. The van der Waals surface area contributed by atoms with Crippen molar-refractivity contribution in [2.75, 3.05) is 6.61 Å². The molecule has 0 aliphatic rings. The zero-order valence-corrected chi connectivity index (χ0v) is 11.1. The summed E-state index contributed by atoms with van der Waals surface area (Å²) in [6, 6.07) is 2.13. The third-order valence-corrected chi connectivity index (χ3v) is 3.46. The van der Waals surface area contributed by atoms with Crippen LogP contribution in [0.25, 0.3) is 6.08 Å². The molecule has 17 heavy (non-hydrogen) atoms. The number of rotatable bonds is 6. The minimum Gasteiger partial charge on any atom is -0.396 e. The topological polar surface area (TPSA) is 49.3 Å². The molecule has 1 rings (SSSR count). The smallest absolute Gasteiger partial charge is 0.244 e. The van der Waals surface area contributed by atoms with E-state index < -0.39 is 0 Å². The Hall–Kier alpha value is -1.13. The van der Waals surface area contributed by atoms with Gasteiger partial charge >= 0.3 is 0 Å². The summed E-state index contributed by atoms with van der Waals surface area (Å²) >= 11 is 1.62. The van der Waals surface area contributed by atoms with Gasteiger partial charge in [0.2, 0.25) is 5.91 Å². The molecule has 1 aromatic heterocycles. The summed E-state index contributed by atoms with van der Waals surface area (Å²) in [4.78, 5) is 12.7. The summed E-state index contributed by atoms with van der Waals surface area (Å²) in [7, 11) is 0. The van der Waals surface area contributed by atoms with Crippen LogP contribution in [0.4, 0.5) is 0 Å². The van der Waals surface area contributed by atoms with E-state index >= 15 is 0 Å². The van der Waals surface area contributed by atoms with Crippen LogP contribution in [0.15, 0.2) is 17.5 Å². The molecule has 0 aliphatic heterocycles. The Morgan fingerprint density at radius 2 is 2.41 bits per heavy atom. The molecule has 4 heteroatoms. The van der Waals surface area contributed by atoms with E-state index in [1.54, 1.807) is 17.4 Å². The van der Waals surface area contributed by atoms with Crippen LogP contribution in [0.5, 0.6) is 0 Å². The van der Waals surface area contributed by atoms with Crippen LogP contribution in [-0.2, 0) is 4.79 Å². The minimum absolute atomic E-state index is 0.0803. The lowest BCUT2D eigenvalue weighted by molar-refractivity contribution is -0.117. The lowest BCUT2D eigenvalue weighted by Gasteiger charge is -2.10. The SMILES string of the molecule is Cc1ccsc1C=CC(=O)NC(C)CCCO. The van der Waals surface area contributed by atoms with Gasteiger partial charge in [0.05, 0.1) is 0 Å². The number of aliphatic hydroxyl groups excluding tert-OH is 1. The number of nitrogens with one attached hydrogen (secondary N) is 1. The number of hydrogen-bond acceptors (Lipinski definition) is 3. The monoisotopic (exact) mass is 253 g/mol. The maximum atomic E-state index is 11.6. The summed E-state index contributed by atoms with van der Waals surface area (Å²) in [5.41, 5.74) is 1.19. The van der Waals surface area contributed by atoms with E-state index in [9.17, 15) is 4.79 Å². The maximum absolute atomic E-state index is 11.6. The second kappa shape index (κ2) is 7.25. The number of aliphatic hydroxyl groups is 1. The van der Waals surface area contributed by atoms with Crippen molar-refractivity contribution in [1.82, 2.24) is 5.32 Å². The highest BCUT2D eigenvalue weighted by Crippen LogP contribution is 2.16. The van der Waals surface area contributed by atoms with Gasteiger partial charge in [0.15, 0.2) is 0 Å². The Bertz CT molecular complexity index is 385. The Kier molecular flexibility index (Phi) is 5.94. The highest BCUT2D eigenvalue weighted by molar-refractivity contribution is 7.11. The van der Waals surface area contributed by atoms with E-state index in [0.29, 0.717) is 0 Å². The van der Waals surface area contributed by atoms with Gasteiger partial charge in [-0.05, 0) is 49.8 Å². The maximum Gasteiger partial charge on any atom is 0.244 e. The first-order valence-electron chi connectivity index (χ1n) is 5.77. The van der Waals surface area contributed by atoms with E-state index in [-0.39, 0.29) is 18.6 Å². The van der Waals surface area contributed by atoms with Crippen LogP contribution in [-0.4, -0.2) is 23.7 Å². The van der Waals surface area contributed by atoms with Crippen molar-refractivity contribution in [3.8, 4) is 0 Å². The highest BCUT2D eigenvalue weighted by atomic mass is 32.1. The van der Waals surface area contributed by atoms with Crippen LogP contribution in [0.3, 0.4) is 0 Å². The minimum atomic E-state index is -0.0803. The molecular formula is C13H19NO2S. The molecule has 0 saturated heterocycles. The largest absolute Gasteiger partial charge is 0.396 e. The van der Waals surface area contributed by atoms with E-state index in [2.05, 4.69) is 5.32 Å². The van der Waals surface area contributed by atoms with E-state index in [0.717, 1.165) is 17.7 Å². The van der Waals surface area contributed by atoms with Gasteiger partial charge in [0.25, 0.3) is 0 Å². The quantitative estimate of drug-likeness (QED) is 0.765. The zero-order chi connectivity index (χ0) is 12.7. The van der Waals surface area contributed by atoms with E-state index in [1.807, 2.05) is 31.4 Å². The molecule has 1 heterocycles. The fourth-order valence-corrected chi connectivity index (χ4v) is 2.29. The summed E-state index contributed by atoms with van der Waals surface area (Å²) in [6.07, 6.45) is 4.92. The number of thiophene rings is 1. The first-order valence-corrected chi connectivity index (χ1v) is 6.65. The number of carbonyl (C=O) groups excluding carboxylic acids is 1. The lowest BCUT2D eigenvalue weighted by Crippen LogP contribution is -2.31. The van der Waals surface area contributed by atoms with Gasteiger partial charge in [-0.2, -0.15) is 0 Å². The molecule has 3 nitrogen and oxygen atoms in total. The van der Waals surface area contributed by atoms with Crippen LogP contribution in [0.1, 0.15) is 30.2 Å². The molecule has 94 valence electrons. The second-order valence-corrected chi connectivity index (χ2v) is 5.02. The van der Waals surface area contributed by atoms with Crippen molar-refractivity contribution >= 4 is 23.3 Å².